The topological polar surface area (TPSA) is 68.5 Å². The van der Waals surface area contributed by atoms with Crippen LogP contribution in [0, 0.1) is 13.8 Å². The molecule has 0 aliphatic rings. The molecule has 0 radical (unpaired) electrons. The lowest BCUT2D eigenvalue weighted by molar-refractivity contribution is -0.136. The highest BCUT2D eigenvalue weighted by Crippen LogP contribution is 2.34. The van der Waals surface area contributed by atoms with Crippen molar-refractivity contribution >= 4 is 34.2 Å². The number of nitrogens with one attached hydrogen (secondary N) is 1. The van der Waals surface area contributed by atoms with Crippen LogP contribution in [0.5, 0.6) is 5.75 Å². The molecule has 0 saturated heterocycles. The number of ether oxygens (including phenoxy) is 1. The molecule has 0 bridgehead atoms. The van der Waals surface area contributed by atoms with Crippen LogP contribution >= 0.6 is 11.6 Å². The van der Waals surface area contributed by atoms with Crippen LogP contribution in [0.15, 0.2) is 45.6 Å². The summed E-state index contributed by atoms with van der Waals surface area (Å²) in [5.74, 6) is -0.0807. The largest absolute Gasteiger partial charge is 0.484 e. The van der Waals surface area contributed by atoms with Gasteiger partial charge >= 0.3 is 11.8 Å². The van der Waals surface area contributed by atoms with Crippen LogP contribution in [0.2, 0.25) is 5.02 Å². The number of hydrogen-bond acceptors (Lipinski definition) is 4. The summed E-state index contributed by atoms with van der Waals surface area (Å²) in [5.41, 5.74) is -0.757. The molecule has 1 heterocycles. The summed E-state index contributed by atoms with van der Waals surface area (Å²) in [6, 6.07) is 7.33. The van der Waals surface area contributed by atoms with E-state index in [9.17, 15) is 22.8 Å². The van der Waals surface area contributed by atoms with E-state index in [0.717, 1.165) is 23.3 Å². The van der Waals surface area contributed by atoms with Crippen molar-refractivity contribution in [2.24, 2.45) is 0 Å². The first-order valence-corrected chi connectivity index (χ1v) is 8.77. The molecule has 1 N–H and O–H groups in total. The first kappa shape index (κ1) is 20.7. The smallest absolute Gasteiger partial charge is 0.417 e. The monoisotopic (exact) mass is 425 g/mol. The lowest BCUT2D eigenvalue weighted by Crippen LogP contribution is -2.20. The quantitative estimate of drug-likeness (QED) is 0.590. The Kier molecular flexibility index (Phi) is 5.57. The summed E-state index contributed by atoms with van der Waals surface area (Å²) in [6.45, 7) is 3.28. The van der Waals surface area contributed by atoms with E-state index in [4.69, 9.17) is 20.8 Å². The summed E-state index contributed by atoms with van der Waals surface area (Å²) in [4.78, 5) is 23.6. The van der Waals surface area contributed by atoms with Gasteiger partial charge in [-0.25, -0.2) is 4.79 Å². The second-order valence-corrected chi connectivity index (χ2v) is 6.77. The number of rotatable bonds is 4. The van der Waals surface area contributed by atoms with Gasteiger partial charge in [-0.2, -0.15) is 13.2 Å². The zero-order valence-electron chi connectivity index (χ0n) is 15.3. The number of hydrogen-bond donors (Lipinski definition) is 1. The van der Waals surface area contributed by atoms with Crippen LogP contribution in [-0.2, 0) is 11.0 Å². The third kappa shape index (κ3) is 4.71. The van der Waals surface area contributed by atoms with Gasteiger partial charge in [0.1, 0.15) is 11.3 Å². The number of aryl methyl sites for hydroxylation is 2. The van der Waals surface area contributed by atoms with Crippen LogP contribution in [0.1, 0.15) is 16.7 Å². The predicted molar refractivity (Wildman–Crippen MR) is 103 cm³/mol. The van der Waals surface area contributed by atoms with E-state index in [-0.39, 0.29) is 23.3 Å². The summed E-state index contributed by atoms with van der Waals surface area (Å²) in [7, 11) is 0. The van der Waals surface area contributed by atoms with Crippen molar-refractivity contribution in [2.45, 2.75) is 20.0 Å². The van der Waals surface area contributed by atoms with Gasteiger partial charge in [-0.05, 0) is 49.2 Å². The molecule has 0 aliphatic carbocycles. The number of benzene rings is 2. The van der Waals surface area contributed by atoms with Gasteiger partial charge in [-0.3, -0.25) is 4.79 Å². The molecule has 9 heteroatoms. The van der Waals surface area contributed by atoms with Gasteiger partial charge in [0.05, 0.1) is 5.56 Å². The van der Waals surface area contributed by atoms with Crippen molar-refractivity contribution in [3.05, 3.63) is 68.5 Å². The maximum absolute atomic E-state index is 13.1. The lowest BCUT2D eigenvalue weighted by Gasteiger charge is -2.12. The van der Waals surface area contributed by atoms with E-state index < -0.39 is 23.3 Å². The molecule has 152 valence electrons. The van der Waals surface area contributed by atoms with Crippen LogP contribution in [-0.4, -0.2) is 12.5 Å². The molecule has 0 saturated carbocycles. The minimum Gasteiger partial charge on any atom is -0.484 e. The van der Waals surface area contributed by atoms with Crippen LogP contribution in [0.25, 0.3) is 11.0 Å². The molecule has 0 spiro atoms. The van der Waals surface area contributed by atoms with Gasteiger partial charge in [-0.15, -0.1) is 0 Å². The standard InChI is InChI=1S/C20H15ClF3NO4/c1-10-5-13(6-11(2)19(10)21)28-9-17(26)25-12-3-4-14-15(20(22,23)24)8-18(27)29-16(14)7-12/h3-8H,9H2,1-2H3,(H,25,26). The van der Waals surface area contributed by atoms with Crippen LogP contribution in [0.4, 0.5) is 18.9 Å². The zero-order valence-corrected chi connectivity index (χ0v) is 16.1. The molecule has 5 nitrogen and oxygen atoms in total. The first-order valence-electron chi connectivity index (χ1n) is 8.39. The van der Waals surface area contributed by atoms with Gasteiger partial charge in [0.2, 0.25) is 0 Å². The molecule has 1 amide bonds. The fourth-order valence-corrected chi connectivity index (χ4v) is 2.92. The maximum atomic E-state index is 13.1. The molecule has 29 heavy (non-hydrogen) atoms. The molecule has 3 aromatic rings. The fraction of sp³-hybridized carbons (Fsp3) is 0.200. The summed E-state index contributed by atoms with van der Waals surface area (Å²) in [6.07, 6.45) is -4.71. The molecular weight excluding hydrogens is 411 g/mol. The van der Waals surface area contributed by atoms with Gasteiger partial charge < -0.3 is 14.5 Å². The Hall–Kier alpha value is -3.00. The Bertz CT molecular complexity index is 1130. The predicted octanol–water partition coefficient (Wildman–Crippen LogP) is 5.10. The number of amides is 1. The Morgan fingerprint density at radius 1 is 1.14 bits per heavy atom. The average molecular weight is 426 g/mol. The molecule has 0 unspecified atom stereocenters. The van der Waals surface area contributed by atoms with Crippen LogP contribution in [0.3, 0.4) is 0 Å². The molecule has 0 atom stereocenters. The van der Waals surface area contributed by atoms with E-state index >= 15 is 0 Å². The minimum absolute atomic E-state index is 0.164. The molecule has 0 aliphatic heterocycles. The van der Waals surface area contributed by atoms with Crippen molar-refractivity contribution in [1.82, 2.24) is 0 Å². The third-order valence-electron chi connectivity index (χ3n) is 4.11. The summed E-state index contributed by atoms with van der Waals surface area (Å²) >= 11 is 6.08. The Morgan fingerprint density at radius 2 is 1.79 bits per heavy atom. The van der Waals surface area contributed by atoms with E-state index in [1.165, 1.54) is 6.07 Å². The van der Waals surface area contributed by atoms with E-state index in [2.05, 4.69) is 5.32 Å². The molecule has 2 aromatic carbocycles. The molecular formula is C20H15ClF3NO4. The number of anilines is 1. The zero-order chi connectivity index (χ0) is 21.3. The summed E-state index contributed by atoms with van der Waals surface area (Å²) < 4.78 is 49.5. The normalized spacial score (nSPS) is 11.5. The Balaban J connectivity index is 1.76. The highest BCUT2D eigenvalue weighted by molar-refractivity contribution is 6.32. The SMILES string of the molecule is Cc1cc(OCC(=O)Nc2ccc3c(C(F)(F)F)cc(=O)oc3c2)cc(C)c1Cl. The number of carbonyl (C=O) groups is 1. The fourth-order valence-electron chi connectivity index (χ4n) is 2.81. The van der Waals surface area contributed by atoms with Gasteiger partial charge in [0.15, 0.2) is 6.61 Å². The molecule has 0 fully saturated rings. The van der Waals surface area contributed by atoms with Crippen molar-refractivity contribution in [1.29, 1.82) is 0 Å². The van der Waals surface area contributed by atoms with Crippen LogP contribution < -0.4 is 15.7 Å². The second kappa shape index (κ2) is 7.79. The van der Waals surface area contributed by atoms with Gasteiger partial charge in [0.25, 0.3) is 5.91 Å². The molecule has 3 rings (SSSR count). The van der Waals surface area contributed by atoms with E-state index in [1.807, 2.05) is 0 Å². The minimum atomic E-state index is -4.71. The van der Waals surface area contributed by atoms with Gasteiger partial charge in [-0.1, -0.05) is 11.6 Å². The van der Waals surface area contributed by atoms with E-state index in [0.29, 0.717) is 16.8 Å². The average Bonchev–Trinajstić information content (AvgIpc) is 2.62. The Morgan fingerprint density at radius 3 is 2.41 bits per heavy atom. The first-order chi connectivity index (χ1) is 13.5. The van der Waals surface area contributed by atoms with E-state index in [1.54, 1.807) is 26.0 Å². The van der Waals surface area contributed by atoms with Gasteiger partial charge in [0, 0.05) is 28.2 Å². The number of alkyl halides is 3. The number of fused-ring (bicyclic) bond motifs is 1. The summed E-state index contributed by atoms with van der Waals surface area (Å²) in [5, 5.41) is 2.82. The van der Waals surface area contributed by atoms with Crippen molar-refractivity contribution in [3.8, 4) is 5.75 Å². The van der Waals surface area contributed by atoms with Crippen molar-refractivity contribution in [3.63, 3.8) is 0 Å². The molecule has 1 aromatic heterocycles. The number of carbonyl (C=O) groups excluding carboxylic acids is 1. The number of halogens is 4. The second-order valence-electron chi connectivity index (χ2n) is 6.40. The maximum Gasteiger partial charge on any atom is 0.417 e. The highest BCUT2D eigenvalue weighted by Gasteiger charge is 2.33. The van der Waals surface area contributed by atoms with Crippen molar-refractivity contribution < 1.29 is 27.1 Å². The van der Waals surface area contributed by atoms with Crippen molar-refractivity contribution in [2.75, 3.05) is 11.9 Å². The Labute approximate surface area is 168 Å². The third-order valence-corrected chi connectivity index (χ3v) is 4.71. The highest BCUT2D eigenvalue weighted by atomic mass is 35.5. The lowest BCUT2D eigenvalue weighted by atomic mass is 10.1.